The molecule has 0 aliphatic carbocycles. The van der Waals surface area contributed by atoms with Gasteiger partial charge in [-0.1, -0.05) is 42.5 Å². The van der Waals surface area contributed by atoms with Gasteiger partial charge in [-0.2, -0.15) is 13.2 Å². The Bertz CT molecular complexity index is 1420. The smallest absolute Gasteiger partial charge is 0.392 e. The molecule has 2 heterocycles. The molecule has 2 amide bonds. The Balaban J connectivity index is 1.54. The third-order valence-electron chi connectivity index (χ3n) is 7.69. The number of alkyl halides is 3. The van der Waals surface area contributed by atoms with Crippen LogP contribution < -0.4 is 5.32 Å². The maximum Gasteiger partial charge on any atom is 0.416 e. The number of ether oxygens (including phenoxy) is 1. The summed E-state index contributed by atoms with van der Waals surface area (Å²) < 4.78 is 60.2. The number of amides is 2. The van der Waals surface area contributed by atoms with E-state index in [-0.39, 0.29) is 30.2 Å². The number of carbonyl (C=O) groups is 2. The van der Waals surface area contributed by atoms with Gasteiger partial charge in [-0.05, 0) is 46.5 Å². The molecule has 2 N–H and O–H groups in total. The molecule has 1 fully saturated rings. The van der Waals surface area contributed by atoms with E-state index in [9.17, 15) is 32.3 Å². The van der Waals surface area contributed by atoms with Crippen LogP contribution in [0.5, 0.6) is 0 Å². The molecule has 2 aliphatic rings. The molecule has 0 aromatic heterocycles. The second kappa shape index (κ2) is 12.6. The zero-order valence-corrected chi connectivity index (χ0v) is 22.7. The van der Waals surface area contributed by atoms with Gasteiger partial charge in [0.15, 0.2) is 0 Å². The number of carbonyl (C=O) groups excluding carboxylic acids is 2. The number of fused-ring (bicyclic) bond motifs is 1. The lowest BCUT2D eigenvalue weighted by Gasteiger charge is -2.42. The molecule has 0 saturated carbocycles. The van der Waals surface area contributed by atoms with Crippen molar-refractivity contribution < 1.29 is 37.0 Å². The Labute approximate surface area is 240 Å². The van der Waals surface area contributed by atoms with Gasteiger partial charge in [-0.15, -0.1) is 0 Å². The molecule has 2 aliphatic heterocycles. The number of benzene rings is 3. The highest BCUT2D eigenvalue weighted by molar-refractivity contribution is 6.01. The molecule has 1 saturated heterocycles. The zero-order chi connectivity index (χ0) is 29.9. The molecule has 0 bridgehead atoms. The Morgan fingerprint density at radius 3 is 2.40 bits per heavy atom. The second-order valence-electron chi connectivity index (χ2n) is 10.4. The van der Waals surface area contributed by atoms with Crippen molar-refractivity contribution in [2.24, 2.45) is 0 Å². The van der Waals surface area contributed by atoms with E-state index in [2.05, 4.69) is 10.2 Å². The van der Waals surface area contributed by atoms with Crippen LogP contribution in [0.2, 0.25) is 0 Å². The Kier molecular flexibility index (Phi) is 8.91. The molecule has 0 unspecified atom stereocenters. The van der Waals surface area contributed by atoms with E-state index in [1.54, 1.807) is 48.5 Å². The van der Waals surface area contributed by atoms with Crippen LogP contribution in [0.4, 0.5) is 17.6 Å². The number of hydrogen-bond donors (Lipinski definition) is 2. The molecule has 0 spiro atoms. The van der Waals surface area contributed by atoms with Crippen molar-refractivity contribution in [3.63, 3.8) is 0 Å². The highest BCUT2D eigenvalue weighted by Gasteiger charge is 2.44. The van der Waals surface area contributed by atoms with E-state index in [1.807, 2.05) is 0 Å². The van der Waals surface area contributed by atoms with Crippen LogP contribution in [-0.4, -0.2) is 66.1 Å². The number of morpholine rings is 1. The molecule has 11 heteroatoms. The minimum Gasteiger partial charge on any atom is -0.392 e. The largest absolute Gasteiger partial charge is 0.416 e. The van der Waals surface area contributed by atoms with Gasteiger partial charge in [0.1, 0.15) is 5.82 Å². The summed E-state index contributed by atoms with van der Waals surface area (Å²) in [4.78, 5) is 31.3. The summed E-state index contributed by atoms with van der Waals surface area (Å²) in [5, 5.41) is 12.5. The Hall–Kier alpha value is -3.80. The third kappa shape index (κ3) is 6.48. The summed E-state index contributed by atoms with van der Waals surface area (Å²) in [5.41, 5.74) is 0.688. The molecule has 42 heavy (non-hydrogen) atoms. The summed E-state index contributed by atoms with van der Waals surface area (Å²) in [6.07, 6.45) is -4.78. The van der Waals surface area contributed by atoms with Crippen LogP contribution in [0.1, 0.15) is 50.1 Å². The highest BCUT2D eigenvalue weighted by atomic mass is 19.4. The van der Waals surface area contributed by atoms with Gasteiger partial charge in [0.2, 0.25) is 5.91 Å². The average Bonchev–Trinajstić information content (AvgIpc) is 2.98. The molecule has 0 radical (unpaired) electrons. The first-order valence-corrected chi connectivity index (χ1v) is 13.7. The molecular weight excluding hydrogens is 554 g/mol. The van der Waals surface area contributed by atoms with E-state index >= 15 is 0 Å². The van der Waals surface area contributed by atoms with Crippen LogP contribution in [0.3, 0.4) is 0 Å². The summed E-state index contributed by atoms with van der Waals surface area (Å²) in [5.74, 6) is -2.82. The maximum absolute atomic E-state index is 14.3. The van der Waals surface area contributed by atoms with Crippen LogP contribution >= 0.6 is 0 Å². The number of hydrogen-bond acceptors (Lipinski definition) is 5. The van der Waals surface area contributed by atoms with Crippen molar-refractivity contribution in [3.8, 4) is 0 Å². The van der Waals surface area contributed by atoms with Crippen LogP contribution in [0, 0.1) is 5.82 Å². The summed E-state index contributed by atoms with van der Waals surface area (Å²) in [6.45, 7) is 3.09. The van der Waals surface area contributed by atoms with Crippen LogP contribution in [0.15, 0.2) is 66.7 Å². The fourth-order valence-electron chi connectivity index (χ4n) is 5.62. The van der Waals surface area contributed by atoms with Gasteiger partial charge >= 0.3 is 6.18 Å². The van der Waals surface area contributed by atoms with E-state index in [4.69, 9.17) is 4.74 Å². The normalized spacial score (nSPS) is 19.5. The number of halogens is 4. The quantitative estimate of drug-likeness (QED) is 0.386. The second-order valence-corrected chi connectivity index (χ2v) is 10.4. The molecule has 5 rings (SSSR count). The van der Waals surface area contributed by atoms with Gasteiger partial charge < -0.3 is 20.1 Å². The molecule has 3 aromatic rings. The van der Waals surface area contributed by atoms with Crippen molar-refractivity contribution in [1.82, 2.24) is 15.1 Å². The minimum atomic E-state index is -4.78. The molecule has 222 valence electrons. The zero-order valence-electron chi connectivity index (χ0n) is 22.7. The first-order chi connectivity index (χ1) is 20.2. The molecular formula is C31H31F4N3O4. The number of nitrogens with zero attached hydrogens (tertiary/aromatic N) is 2. The summed E-state index contributed by atoms with van der Waals surface area (Å²) in [7, 11) is 0. The monoisotopic (exact) mass is 585 g/mol. The van der Waals surface area contributed by atoms with Crippen molar-refractivity contribution in [1.29, 1.82) is 0 Å². The van der Waals surface area contributed by atoms with E-state index < -0.39 is 35.4 Å². The lowest BCUT2D eigenvalue weighted by molar-refractivity contribution is -0.137. The number of nitrogens with one attached hydrogen (secondary N) is 1. The topological polar surface area (TPSA) is 82.1 Å². The Morgan fingerprint density at radius 1 is 1.00 bits per heavy atom. The fourth-order valence-corrected chi connectivity index (χ4v) is 5.62. The van der Waals surface area contributed by atoms with E-state index in [1.165, 1.54) is 4.90 Å². The van der Waals surface area contributed by atoms with Crippen molar-refractivity contribution in [2.45, 2.75) is 31.3 Å². The van der Waals surface area contributed by atoms with Gasteiger partial charge in [-0.25, -0.2) is 4.39 Å². The van der Waals surface area contributed by atoms with Gasteiger partial charge in [-0.3, -0.25) is 14.5 Å². The third-order valence-corrected chi connectivity index (χ3v) is 7.69. The molecule has 2 atom stereocenters. The Morgan fingerprint density at radius 2 is 1.71 bits per heavy atom. The van der Waals surface area contributed by atoms with Gasteiger partial charge in [0.05, 0.1) is 37.3 Å². The number of aliphatic hydroxyl groups excluding tert-OH is 1. The SMILES string of the molecule is O=C(NCCN1CCOCC1)[C@@H]1c2ccccc2C(=O)N(Cc2cc(F)cc(C(F)(F)F)c2)[C@H]1c1ccc(CO)cc1. The highest BCUT2D eigenvalue weighted by Crippen LogP contribution is 2.44. The summed E-state index contributed by atoms with van der Waals surface area (Å²) >= 11 is 0. The molecule has 3 aromatic carbocycles. The maximum atomic E-state index is 14.3. The van der Waals surface area contributed by atoms with Crippen LogP contribution in [-0.2, 0) is 28.9 Å². The van der Waals surface area contributed by atoms with Gasteiger partial charge in [0, 0.05) is 38.3 Å². The number of aliphatic hydroxyl groups is 1. The van der Waals surface area contributed by atoms with Crippen molar-refractivity contribution in [2.75, 3.05) is 39.4 Å². The predicted octanol–water partition coefficient (Wildman–Crippen LogP) is 4.27. The van der Waals surface area contributed by atoms with Crippen molar-refractivity contribution >= 4 is 11.8 Å². The number of rotatable bonds is 8. The molecule has 7 nitrogen and oxygen atoms in total. The predicted molar refractivity (Wildman–Crippen MR) is 146 cm³/mol. The summed E-state index contributed by atoms with van der Waals surface area (Å²) in [6, 6.07) is 14.6. The minimum absolute atomic E-state index is 0.0569. The van der Waals surface area contributed by atoms with Crippen molar-refractivity contribution in [3.05, 3.63) is 106 Å². The fraction of sp³-hybridized carbons (Fsp3) is 0.355. The lowest BCUT2D eigenvalue weighted by Crippen LogP contribution is -2.48. The average molecular weight is 586 g/mol. The van der Waals surface area contributed by atoms with Crippen LogP contribution in [0.25, 0.3) is 0 Å². The van der Waals surface area contributed by atoms with E-state index in [0.717, 1.165) is 25.2 Å². The first kappa shape index (κ1) is 29.7. The van der Waals surface area contributed by atoms with Gasteiger partial charge in [0.25, 0.3) is 5.91 Å². The lowest BCUT2D eigenvalue weighted by atomic mass is 9.78. The standard InChI is InChI=1S/C31H31F4N3O4/c32-24-16-21(15-23(17-24)31(33,34)35)18-38-28(22-7-5-20(19-39)6-8-22)27(25-3-1-2-4-26(25)30(38)41)29(40)36-9-10-37-11-13-42-14-12-37/h1-8,15-17,27-28,39H,9-14,18-19H2,(H,36,40)/t27-,28+/m1/s1. The van der Waals surface area contributed by atoms with E-state index in [0.29, 0.717) is 49.1 Å². The first-order valence-electron chi connectivity index (χ1n) is 13.7.